The quantitative estimate of drug-likeness (QED) is 0.171. The summed E-state index contributed by atoms with van der Waals surface area (Å²) in [4.78, 5) is 0. The minimum absolute atomic E-state index is 0.607. The Labute approximate surface area is 278 Å². The van der Waals surface area contributed by atoms with E-state index in [0.717, 1.165) is 11.1 Å². The third kappa shape index (κ3) is 4.92. The molecule has 4 aromatic carbocycles. The van der Waals surface area contributed by atoms with Crippen molar-refractivity contribution in [1.82, 2.24) is 0 Å². The van der Waals surface area contributed by atoms with Crippen LogP contribution in [0.3, 0.4) is 0 Å². The van der Waals surface area contributed by atoms with Gasteiger partial charge in [0.2, 0.25) is 0 Å². The van der Waals surface area contributed by atoms with Crippen molar-refractivity contribution < 1.29 is 17.1 Å². The fourth-order valence-electron chi connectivity index (χ4n) is 11.0. The zero-order valence-electron chi connectivity index (χ0n) is 28.4. The number of benzene rings is 4. The van der Waals surface area contributed by atoms with E-state index < -0.39 is 22.6 Å². The first-order chi connectivity index (χ1) is 22.3. The molecule has 4 aliphatic rings. The van der Waals surface area contributed by atoms with Crippen LogP contribution in [0.25, 0.3) is 34.4 Å². The molecular weight excluding hydrogens is 735 g/mol. The van der Waals surface area contributed by atoms with Crippen molar-refractivity contribution in [3.63, 3.8) is 0 Å². The van der Waals surface area contributed by atoms with E-state index in [9.17, 15) is 0 Å². The van der Waals surface area contributed by atoms with Crippen molar-refractivity contribution in [1.29, 1.82) is 0 Å². The summed E-state index contributed by atoms with van der Waals surface area (Å²) in [5.41, 5.74) is 16.0. The number of hydrogen-bond donors (Lipinski definition) is 0. The van der Waals surface area contributed by atoms with Crippen molar-refractivity contribution in [2.45, 2.75) is 93.0 Å². The van der Waals surface area contributed by atoms with Crippen LogP contribution in [0.2, 0.25) is 20.4 Å². The molecular formula is C44H50HfSi. The Hall–Kier alpha value is -2.55. The molecule has 0 N–H and O–H groups in total. The SMILES string of the molecule is Cc1cccc(-c2cccc3c2C=C[CH]3[Hf]([CH3])([CH3])([CH]2C=Cc3c(-c4cccc(C)c4)cccc32)=[Si](C2CCCC2)C2CCCC2)c1. The van der Waals surface area contributed by atoms with Gasteiger partial charge < -0.3 is 0 Å². The molecule has 0 nitrogen and oxygen atoms in total. The van der Waals surface area contributed by atoms with Gasteiger partial charge in [-0.2, -0.15) is 0 Å². The molecule has 2 fully saturated rings. The summed E-state index contributed by atoms with van der Waals surface area (Å²) in [7, 11) is 0. The first kappa shape index (κ1) is 30.8. The summed E-state index contributed by atoms with van der Waals surface area (Å²) in [5.74, 6) is 0. The van der Waals surface area contributed by atoms with Crippen molar-refractivity contribution in [2.75, 3.05) is 0 Å². The van der Waals surface area contributed by atoms with Gasteiger partial charge in [0.25, 0.3) is 0 Å². The molecule has 0 aromatic heterocycles. The van der Waals surface area contributed by atoms with Gasteiger partial charge in [-0.25, -0.2) is 0 Å². The first-order valence-corrected chi connectivity index (χ1v) is 36.5. The molecule has 0 saturated heterocycles. The normalized spacial score (nSPS) is 21.2. The molecule has 0 heterocycles. The fraction of sp³-hybridized carbons (Fsp3) is 0.364. The molecule has 46 heavy (non-hydrogen) atoms. The van der Waals surface area contributed by atoms with E-state index in [-0.39, 0.29) is 0 Å². The van der Waals surface area contributed by atoms with Crippen LogP contribution in [0.15, 0.2) is 97.1 Å². The topological polar surface area (TPSA) is 0 Å². The van der Waals surface area contributed by atoms with Gasteiger partial charge in [0.05, 0.1) is 0 Å². The third-order valence-corrected chi connectivity index (χ3v) is 68.6. The van der Waals surface area contributed by atoms with Crippen LogP contribution in [0.1, 0.15) is 92.1 Å². The summed E-state index contributed by atoms with van der Waals surface area (Å²) < 4.78 is 7.26. The molecule has 2 heteroatoms. The Kier molecular flexibility index (Phi) is 7.92. The van der Waals surface area contributed by atoms with Crippen LogP contribution in [-0.2, 0) is 17.1 Å². The van der Waals surface area contributed by atoms with Gasteiger partial charge in [0, 0.05) is 0 Å². The summed E-state index contributed by atoms with van der Waals surface area (Å²) in [6.45, 7) is 4.46. The van der Waals surface area contributed by atoms with Crippen LogP contribution in [0.5, 0.6) is 0 Å². The third-order valence-electron chi connectivity index (χ3n) is 12.9. The van der Waals surface area contributed by atoms with E-state index in [0.29, 0.717) is 7.35 Å². The number of allylic oxidation sites excluding steroid dienone is 2. The summed E-state index contributed by atoms with van der Waals surface area (Å²) in [5, 5.41) is 0. The predicted octanol–water partition coefficient (Wildman–Crippen LogP) is 13.1. The van der Waals surface area contributed by atoms with Crippen LogP contribution < -0.4 is 0 Å². The van der Waals surface area contributed by atoms with Gasteiger partial charge >= 0.3 is 280 Å². The van der Waals surface area contributed by atoms with Crippen molar-refractivity contribution in [3.8, 4) is 22.3 Å². The Balaban J connectivity index is 1.39. The molecule has 0 radical (unpaired) electrons. The maximum absolute atomic E-state index is 4.00. The molecule has 2 atom stereocenters. The zero-order chi connectivity index (χ0) is 31.5. The molecule has 4 aromatic rings. The summed E-state index contributed by atoms with van der Waals surface area (Å²) in [6.07, 6.45) is 22.5. The second kappa shape index (κ2) is 11.8. The molecule has 2 saturated carbocycles. The summed E-state index contributed by atoms with van der Waals surface area (Å²) >= 11 is -4.00. The molecule has 0 aliphatic heterocycles. The van der Waals surface area contributed by atoms with E-state index in [4.69, 9.17) is 0 Å². The van der Waals surface area contributed by atoms with Gasteiger partial charge in [0.15, 0.2) is 0 Å². The van der Waals surface area contributed by atoms with Crippen molar-refractivity contribution in [2.24, 2.45) is 0 Å². The standard InChI is InChI=1S/2C16H13.C10H18Si.2CH3.Hf/c2*1-12-5-2-8-14(11-12)16-10-4-7-13-6-3-9-15(13)16;1-2-6-9(5-1)11-10-7-3-4-8-10;;;/h2*2-11H,1H3;9-10H,1-8H2;2*1H3;. The first-order valence-electron chi connectivity index (χ1n) is 18.2. The molecule has 0 bridgehead atoms. The molecule has 0 spiro atoms. The van der Waals surface area contributed by atoms with Gasteiger partial charge in [-0.05, 0) is 0 Å². The van der Waals surface area contributed by atoms with E-state index in [1.807, 2.05) is 0 Å². The average Bonchev–Trinajstić information content (AvgIpc) is 3.88. The van der Waals surface area contributed by atoms with E-state index in [1.165, 1.54) is 95.9 Å². The van der Waals surface area contributed by atoms with Gasteiger partial charge in [-0.15, -0.1) is 0 Å². The van der Waals surface area contributed by atoms with Gasteiger partial charge in [-0.3, -0.25) is 0 Å². The van der Waals surface area contributed by atoms with Crippen molar-refractivity contribution >= 4 is 17.6 Å². The minimum atomic E-state index is -4.00. The molecule has 2 unspecified atom stereocenters. The zero-order valence-corrected chi connectivity index (χ0v) is 33.0. The van der Waals surface area contributed by atoms with E-state index >= 15 is 0 Å². The van der Waals surface area contributed by atoms with Crippen LogP contribution in [0, 0.1) is 13.8 Å². The Morgan fingerprint density at radius 1 is 0.543 bits per heavy atom. The average molecular weight is 785 g/mol. The van der Waals surface area contributed by atoms with Crippen molar-refractivity contribution in [3.05, 3.63) is 130 Å². The maximum atomic E-state index is 3.02. The number of aryl methyl sites for hydroxylation is 2. The van der Waals surface area contributed by atoms with Gasteiger partial charge in [-0.1, -0.05) is 0 Å². The number of fused-ring (bicyclic) bond motifs is 2. The molecule has 0 amide bonds. The molecule has 234 valence electrons. The second-order valence-electron chi connectivity index (χ2n) is 16.1. The number of hydrogen-bond acceptors (Lipinski definition) is 0. The van der Waals surface area contributed by atoms with Gasteiger partial charge in [0.1, 0.15) is 0 Å². The van der Waals surface area contributed by atoms with Crippen LogP contribution >= 0.6 is 0 Å². The number of rotatable bonds is 6. The van der Waals surface area contributed by atoms with E-state index in [1.54, 1.807) is 11.1 Å². The predicted molar refractivity (Wildman–Crippen MR) is 199 cm³/mol. The van der Waals surface area contributed by atoms with Crippen LogP contribution in [0.4, 0.5) is 0 Å². The molecule has 8 rings (SSSR count). The fourth-order valence-corrected chi connectivity index (χ4v) is 77.9. The Morgan fingerprint density at radius 3 is 1.37 bits per heavy atom. The molecule has 4 aliphatic carbocycles. The Bertz CT molecular complexity index is 1820. The second-order valence-corrected chi connectivity index (χ2v) is 61.0. The summed E-state index contributed by atoms with van der Waals surface area (Å²) in [6, 6.07) is 33.0. The monoisotopic (exact) mass is 786 g/mol. The Morgan fingerprint density at radius 2 is 0.957 bits per heavy atom. The van der Waals surface area contributed by atoms with E-state index in [2.05, 4.69) is 132 Å². The van der Waals surface area contributed by atoms with Crippen LogP contribution in [-0.4, -0.2) is 5.49 Å².